The van der Waals surface area contributed by atoms with Crippen LogP contribution in [0, 0.1) is 6.92 Å². The summed E-state index contributed by atoms with van der Waals surface area (Å²) in [4.78, 5) is 14.4. The maximum atomic E-state index is 11.9. The molecular weight excluding hydrogens is 262 g/mol. The van der Waals surface area contributed by atoms with Crippen molar-refractivity contribution in [2.75, 3.05) is 5.32 Å². The summed E-state index contributed by atoms with van der Waals surface area (Å²) >= 11 is 3.52. The van der Waals surface area contributed by atoms with Gasteiger partial charge in [0.1, 0.15) is 0 Å². The molecule has 0 spiro atoms. The van der Waals surface area contributed by atoms with Gasteiger partial charge in [-0.2, -0.15) is 0 Å². The fourth-order valence-corrected chi connectivity index (χ4v) is 4.55. The van der Waals surface area contributed by atoms with Crippen molar-refractivity contribution in [2.45, 2.75) is 23.5 Å². The number of anilines is 1. The van der Waals surface area contributed by atoms with Crippen LogP contribution >= 0.6 is 23.1 Å². The first-order valence-electron chi connectivity index (χ1n) is 5.83. The Labute approximate surface area is 114 Å². The zero-order valence-electron chi connectivity index (χ0n) is 9.97. The van der Waals surface area contributed by atoms with Crippen LogP contribution in [-0.4, -0.2) is 5.91 Å². The van der Waals surface area contributed by atoms with Gasteiger partial charge in [0.2, 0.25) is 5.91 Å². The number of benzene rings is 1. The van der Waals surface area contributed by atoms with E-state index in [1.54, 1.807) is 23.1 Å². The van der Waals surface area contributed by atoms with Gasteiger partial charge in [0.15, 0.2) is 0 Å². The van der Waals surface area contributed by atoms with Crippen LogP contribution in [0.25, 0.3) is 0 Å². The Hall–Kier alpha value is -1.26. The van der Waals surface area contributed by atoms with Crippen LogP contribution < -0.4 is 5.32 Å². The molecule has 2 aromatic rings. The molecule has 2 nitrogen and oxygen atoms in total. The molecule has 1 aliphatic heterocycles. The number of hydrogen-bond acceptors (Lipinski definition) is 3. The lowest BCUT2D eigenvalue weighted by Crippen LogP contribution is -2.11. The van der Waals surface area contributed by atoms with E-state index in [9.17, 15) is 4.79 Å². The molecule has 0 fully saturated rings. The number of thioether (sulfide) groups is 1. The fourth-order valence-electron chi connectivity index (χ4n) is 2.10. The van der Waals surface area contributed by atoms with E-state index in [2.05, 4.69) is 29.8 Å². The standard InChI is InChI=1S/C14H13NOS2/c1-9-6-7-17-14(9)12-8-13(16)15-10-4-2-3-5-11(10)18-12/h2-7,12H,8H2,1H3,(H,15,16)/t12-/m1/s1. The molecule has 1 atom stereocenters. The van der Waals surface area contributed by atoms with Gasteiger partial charge in [0.25, 0.3) is 0 Å². The van der Waals surface area contributed by atoms with Gasteiger partial charge in [-0.3, -0.25) is 4.79 Å². The fraction of sp³-hybridized carbons (Fsp3) is 0.214. The largest absolute Gasteiger partial charge is 0.325 e. The smallest absolute Gasteiger partial charge is 0.225 e. The van der Waals surface area contributed by atoms with Crippen molar-refractivity contribution in [3.8, 4) is 0 Å². The predicted octanol–water partition coefficient (Wildman–Crippen LogP) is 4.23. The van der Waals surface area contributed by atoms with Crippen LogP contribution in [0.1, 0.15) is 22.1 Å². The van der Waals surface area contributed by atoms with Gasteiger partial charge in [0.05, 0.1) is 10.9 Å². The SMILES string of the molecule is Cc1ccsc1[C@H]1CC(=O)Nc2ccccc2S1. The first kappa shape index (κ1) is 11.8. The molecule has 1 aliphatic rings. The Balaban J connectivity index is 2.00. The molecular formula is C14H13NOS2. The first-order chi connectivity index (χ1) is 8.74. The third-order valence-electron chi connectivity index (χ3n) is 3.00. The van der Waals surface area contributed by atoms with Gasteiger partial charge in [0, 0.05) is 16.2 Å². The highest BCUT2D eigenvalue weighted by Crippen LogP contribution is 2.45. The lowest BCUT2D eigenvalue weighted by molar-refractivity contribution is -0.116. The maximum absolute atomic E-state index is 11.9. The summed E-state index contributed by atoms with van der Waals surface area (Å²) in [6.07, 6.45) is 0.542. The molecule has 92 valence electrons. The Morgan fingerprint density at radius 2 is 2.11 bits per heavy atom. The second-order valence-electron chi connectivity index (χ2n) is 4.32. The van der Waals surface area contributed by atoms with Crippen LogP contribution in [-0.2, 0) is 4.79 Å². The number of aryl methyl sites for hydroxylation is 1. The summed E-state index contributed by atoms with van der Waals surface area (Å²) in [5.41, 5.74) is 2.22. The van der Waals surface area contributed by atoms with Crippen molar-refractivity contribution < 1.29 is 4.79 Å². The molecule has 0 saturated carbocycles. The number of carbonyl (C=O) groups is 1. The van der Waals surface area contributed by atoms with Crippen LogP contribution in [0.3, 0.4) is 0 Å². The summed E-state index contributed by atoms with van der Waals surface area (Å²) in [7, 11) is 0. The zero-order valence-corrected chi connectivity index (χ0v) is 11.6. The molecule has 1 aromatic carbocycles. The topological polar surface area (TPSA) is 29.1 Å². The van der Waals surface area contributed by atoms with Gasteiger partial charge in [-0.15, -0.1) is 23.1 Å². The lowest BCUT2D eigenvalue weighted by Gasteiger charge is -2.12. The van der Waals surface area contributed by atoms with Gasteiger partial charge < -0.3 is 5.32 Å². The number of nitrogens with one attached hydrogen (secondary N) is 1. The van der Waals surface area contributed by atoms with E-state index in [1.807, 2.05) is 18.2 Å². The van der Waals surface area contributed by atoms with E-state index < -0.39 is 0 Å². The Morgan fingerprint density at radius 3 is 2.89 bits per heavy atom. The zero-order chi connectivity index (χ0) is 12.5. The predicted molar refractivity (Wildman–Crippen MR) is 77.3 cm³/mol. The van der Waals surface area contributed by atoms with E-state index in [1.165, 1.54) is 10.4 Å². The Kier molecular flexibility index (Phi) is 3.14. The summed E-state index contributed by atoms with van der Waals surface area (Å²) in [5, 5.41) is 5.31. The molecule has 3 rings (SSSR count). The third kappa shape index (κ3) is 2.18. The highest BCUT2D eigenvalue weighted by atomic mass is 32.2. The van der Waals surface area contributed by atoms with Gasteiger partial charge in [-0.05, 0) is 36.1 Å². The van der Waals surface area contributed by atoms with Gasteiger partial charge in [-0.1, -0.05) is 12.1 Å². The van der Waals surface area contributed by atoms with Crippen molar-refractivity contribution in [3.63, 3.8) is 0 Å². The van der Waals surface area contributed by atoms with Crippen LogP contribution in [0.15, 0.2) is 40.6 Å². The number of fused-ring (bicyclic) bond motifs is 1. The lowest BCUT2D eigenvalue weighted by atomic mass is 10.2. The van der Waals surface area contributed by atoms with E-state index in [4.69, 9.17) is 0 Å². The molecule has 0 aliphatic carbocycles. The van der Waals surface area contributed by atoms with Gasteiger partial charge >= 0.3 is 0 Å². The molecule has 0 saturated heterocycles. The molecule has 1 N–H and O–H groups in total. The highest BCUT2D eigenvalue weighted by Gasteiger charge is 2.25. The Morgan fingerprint density at radius 1 is 1.28 bits per heavy atom. The maximum Gasteiger partial charge on any atom is 0.225 e. The van der Waals surface area contributed by atoms with Crippen molar-refractivity contribution in [2.24, 2.45) is 0 Å². The van der Waals surface area contributed by atoms with Crippen molar-refractivity contribution in [3.05, 3.63) is 46.2 Å². The van der Waals surface area contributed by atoms with Crippen molar-refractivity contribution in [1.82, 2.24) is 0 Å². The Bertz CT molecular complexity index is 591. The summed E-state index contributed by atoms with van der Waals surface area (Å²) < 4.78 is 0. The molecule has 2 heterocycles. The van der Waals surface area contributed by atoms with Gasteiger partial charge in [-0.25, -0.2) is 0 Å². The molecule has 0 bridgehead atoms. The van der Waals surface area contributed by atoms with Crippen LogP contribution in [0.5, 0.6) is 0 Å². The monoisotopic (exact) mass is 275 g/mol. The minimum absolute atomic E-state index is 0.102. The number of rotatable bonds is 1. The normalized spacial score (nSPS) is 18.9. The number of carbonyl (C=O) groups excluding carboxylic acids is 1. The quantitative estimate of drug-likeness (QED) is 0.843. The molecule has 0 radical (unpaired) electrons. The molecule has 4 heteroatoms. The third-order valence-corrected chi connectivity index (χ3v) is 5.57. The number of hydrogen-bond donors (Lipinski definition) is 1. The minimum atomic E-state index is 0.102. The molecule has 1 aromatic heterocycles. The average molecular weight is 275 g/mol. The van der Waals surface area contributed by atoms with E-state index in [0.29, 0.717) is 6.42 Å². The molecule has 18 heavy (non-hydrogen) atoms. The summed E-state index contributed by atoms with van der Waals surface area (Å²) in [6.45, 7) is 2.11. The number of amides is 1. The first-order valence-corrected chi connectivity index (χ1v) is 7.59. The summed E-state index contributed by atoms with van der Waals surface area (Å²) in [6, 6.07) is 10.1. The van der Waals surface area contributed by atoms with Crippen molar-refractivity contribution >= 4 is 34.7 Å². The number of para-hydroxylation sites is 1. The van der Waals surface area contributed by atoms with E-state index in [-0.39, 0.29) is 11.2 Å². The second-order valence-corrected chi connectivity index (χ2v) is 6.52. The van der Waals surface area contributed by atoms with Crippen LogP contribution in [0.2, 0.25) is 0 Å². The number of thiophene rings is 1. The molecule has 1 amide bonds. The second kappa shape index (κ2) is 4.78. The van der Waals surface area contributed by atoms with Crippen LogP contribution in [0.4, 0.5) is 5.69 Å². The average Bonchev–Trinajstić information content (AvgIpc) is 2.69. The van der Waals surface area contributed by atoms with E-state index in [0.717, 1.165) is 10.6 Å². The highest BCUT2D eigenvalue weighted by molar-refractivity contribution is 7.99. The van der Waals surface area contributed by atoms with Crippen molar-refractivity contribution in [1.29, 1.82) is 0 Å². The summed E-state index contributed by atoms with van der Waals surface area (Å²) in [5.74, 6) is 0.102. The minimum Gasteiger partial charge on any atom is -0.325 e. The van der Waals surface area contributed by atoms with E-state index >= 15 is 0 Å². The molecule has 0 unspecified atom stereocenters.